The topological polar surface area (TPSA) is 143 Å². The average molecular weight is 724 g/mol. The number of aryl methyl sites for hydroxylation is 1. The highest BCUT2D eigenvalue weighted by molar-refractivity contribution is 6.31. The molecule has 272 valence electrons. The number of piperidine rings is 1. The largest absolute Gasteiger partial charge is 0.490 e. The van der Waals surface area contributed by atoms with Crippen LogP contribution in [-0.2, 0) is 13.0 Å². The lowest BCUT2D eigenvalue weighted by molar-refractivity contribution is 0.0893. The molecule has 0 atom stereocenters. The molecular weight excluding hydrogens is 678 g/mol. The number of aromatic amines is 1. The summed E-state index contributed by atoms with van der Waals surface area (Å²) in [4.78, 5) is 49.3. The number of amides is 1. The highest BCUT2D eigenvalue weighted by atomic mass is 35.5. The van der Waals surface area contributed by atoms with Gasteiger partial charge in [-0.3, -0.25) is 19.5 Å². The maximum absolute atomic E-state index is 13.0. The van der Waals surface area contributed by atoms with Gasteiger partial charge in [0, 0.05) is 88.6 Å². The Hall–Kier alpha value is -4.57. The monoisotopic (exact) mass is 723 g/mol. The minimum atomic E-state index is -0.149. The van der Waals surface area contributed by atoms with Crippen LogP contribution in [0.1, 0.15) is 72.5 Å². The van der Waals surface area contributed by atoms with Crippen LogP contribution in [0.4, 0.5) is 5.95 Å². The summed E-state index contributed by atoms with van der Waals surface area (Å²) in [5.74, 6) is 1.84. The minimum Gasteiger partial charge on any atom is -0.490 e. The number of hydrogen-bond acceptors (Lipinski definition) is 10. The second-order valence-electron chi connectivity index (χ2n) is 14.4. The lowest BCUT2D eigenvalue weighted by atomic mass is 9.92. The molecular formula is C39H46ClN9O3. The van der Waals surface area contributed by atoms with Crippen molar-refractivity contribution in [1.29, 1.82) is 5.26 Å². The third kappa shape index (κ3) is 8.72. The first kappa shape index (κ1) is 35.8. The number of nitrogens with one attached hydrogen (secondary N) is 2. The SMILES string of the molecule is CCc1cc2ncc(CN3CCN(CC4CCN(c5ncc(C(=O)NC6CCC(Oc7ccc(C#N)c(Cl)c7)CC6)cn5)CC4)CC3)cc2[nH]c1=O. The lowest BCUT2D eigenvalue weighted by Crippen LogP contribution is -2.48. The number of pyridine rings is 2. The number of nitriles is 1. The van der Waals surface area contributed by atoms with E-state index < -0.39 is 0 Å². The Kier molecular flexibility index (Phi) is 11.3. The van der Waals surface area contributed by atoms with Crippen molar-refractivity contribution in [2.24, 2.45) is 5.92 Å². The van der Waals surface area contributed by atoms with Gasteiger partial charge in [0.25, 0.3) is 11.5 Å². The highest BCUT2D eigenvalue weighted by Gasteiger charge is 2.27. The molecule has 2 saturated heterocycles. The molecule has 4 aromatic rings. The van der Waals surface area contributed by atoms with Gasteiger partial charge in [0.05, 0.1) is 33.3 Å². The molecule has 1 amide bonds. The van der Waals surface area contributed by atoms with Crippen LogP contribution < -0.4 is 20.5 Å². The van der Waals surface area contributed by atoms with Gasteiger partial charge < -0.3 is 24.8 Å². The lowest BCUT2D eigenvalue weighted by Gasteiger charge is -2.39. The summed E-state index contributed by atoms with van der Waals surface area (Å²) in [5.41, 5.74) is 4.42. The number of fused-ring (bicyclic) bond motifs is 1. The number of benzene rings is 1. The van der Waals surface area contributed by atoms with E-state index in [-0.39, 0.29) is 23.6 Å². The molecule has 0 radical (unpaired) electrons. The van der Waals surface area contributed by atoms with Crippen LogP contribution in [0.5, 0.6) is 5.75 Å². The van der Waals surface area contributed by atoms with E-state index in [4.69, 9.17) is 21.6 Å². The summed E-state index contributed by atoms with van der Waals surface area (Å²) in [5, 5.41) is 12.6. The molecule has 2 aliphatic heterocycles. The van der Waals surface area contributed by atoms with Crippen molar-refractivity contribution in [3.05, 3.63) is 86.6 Å². The zero-order valence-electron chi connectivity index (χ0n) is 29.7. The molecule has 0 unspecified atom stereocenters. The summed E-state index contributed by atoms with van der Waals surface area (Å²) in [6.45, 7) is 9.88. The fourth-order valence-electron chi connectivity index (χ4n) is 7.63. The van der Waals surface area contributed by atoms with E-state index in [2.05, 4.69) is 52.1 Å². The minimum absolute atomic E-state index is 0.0227. The maximum Gasteiger partial charge on any atom is 0.254 e. The second kappa shape index (κ2) is 16.4. The molecule has 5 heterocycles. The van der Waals surface area contributed by atoms with Gasteiger partial charge in [0.2, 0.25) is 5.95 Å². The van der Waals surface area contributed by atoms with Gasteiger partial charge in [0.15, 0.2) is 0 Å². The Bertz CT molecular complexity index is 1960. The van der Waals surface area contributed by atoms with Crippen LogP contribution >= 0.6 is 11.6 Å². The van der Waals surface area contributed by atoms with E-state index in [1.54, 1.807) is 30.6 Å². The van der Waals surface area contributed by atoms with Gasteiger partial charge >= 0.3 is 0 Å². The number of aromatic nitrogens is 4. The van der Waals surface area contributed by atoms with Gasteiger partial charge in [-0.15, -0.1) is 0 Å². The van der Waals surface area contributed by atoms with Crippen molar-refractivity contribution in [2.45, 2.75) is 70.6 Å². The Balaban J connectivity index is 0.803. The standard InChI is InChI=1S/C39H46ClN9O3/c1-2-28-18-35-36(46-37(28)50)17-27(21-42-35)25-48-15-13-47(14-16-48)24-26-9-11-49(12-10-26)39-43-22-30(23-44-39)38(51)45-31-4-7-32(8-5-31)52-33-6-3-29(20-41)34(40)19-33/h3,6,17-19,21-23,26,31-32H,2,4-5,7-16,24-25H2,1H3,(H,45,51)(H,46,50). The van der Waals surface area contributed by atoms with E-state index in [1.807, 2.05) is 19.2 Å². The van der Waals surface area contributed by atoms with Crippen LogP contribution in [0.3, 0.4) is 0 Å². The number of H-pyrrole nitrogens is 1. The van der Waals surface area contributed by atoms with Crippen molar-refractivity contribution < 1.29 is 9.53 Å². The van der Waals surface area contributed by atoms with Crippen molar-refractivity contribution in [3.8, 4) is 11.8 Å². The number of carbonyl (C=O) groups excluding carboxylic acids is 1. The smallest absolute Gasteiger partial charge is 0.254 e. The molecule has 3 fully saturated rings. The zero-order valence-corrected chi connectivity index (χ0v) is 30.4. The summed E-state index contributed by atoms with van der Waals surface area (Å²) in [7, 11) is 0. The molecule has 0 bridgehead atoms. The van der Waals surface area contributed by atoms with Gasteiger partial charge in [0.1, 0.15) is 11.8 Å². The van der Waals surface area contributed by atoms with Crippen molar-refractivity contribution in [2.75, 3.05) is 50.7 Å². The molecule has 52 heavy (non-hydrogen) atoms. The molecule has 3 aliphatic rings. The van der Waals surface area contributed by atoms with Crippen LogP contribution in [0, 0.1) is 17.2 Å². The quantitative estimate of drug-likeness (QED) is 0.231. The third-order valence-electron chi connectivity index (χ3n) is 10.8. The number of ether oxygens (including phenoxy) is 1. The molecule has 12 nitrogen and oxygen atoms in total. The van der Waals surface area contributed by atoms with Gasteiger partial charge in [-0.05, 0) is 80.7 Å². The van der Waals surface area contributed by atoms with Crippen molar-refractivity contribution in [3.63, 3.8) is 0 Å². The Morgan fingerprint density at radius 2 is 1.69 bits per heavy atom. The molecule has 1 aromatic carbocycles. The van der Waals surface area contributed by atoms with E-state index in [0.717, 1.165) is 113 Å². The normalized spacial score (nSPS) is 20.4. The number of nitrogens with zero attached hydrogens (tertiary/aromatic N) is 7. The predicted molar refractivity (Wildman–Crippen MR) is 201 cm³/mol. The summed E-state index contributed by atoms with van der Waals surface area (Å²) in [6.07, 6.45) is 11.4. The van der Waals surface area contributed by atoms with Gasteiger partial charge in [-0.25, -0.2) is 9.97 Å². The molecule has 7 rings (SSSR count). The predicted octanol–water partition coefficient (Wildman–Crippen LogP) is 4.95. The summed E-state index contributed by atoms with van der Waals surface area (Å²) < 4.78 is 6.08. The Morgan fingerprint density at radius 3 is 2.38 bits per heavy atom. The summed E-state index contributed by atoms with van der Waals surface area (Å²) >= 11 is 6.14. The van der Waals surface area contributed by atoms with E-state index in [1.165, 1.54) is 0 Å². The van der Waals surface area contributed by atoms with Gasteiger partial charge in [-0.2, -0.15) is 5.26 Å². The molecule has 0 spiro atoms. The fourth-order valence-corrected chi connectivity index (χ4v) is 7.85. The van der Waals surface area contributed by atoms with Crippen LogP contribution in [0.25, 0.3) is 11.0 Å². The third-order valence-corrected chi connectivity index (χ3v) is 11.1. The van der Waals surface area contributed by atoms with E-state index in [9.17, 15) is 9.59 Å². The molecule has 2 N–H and O–H groups in total. The number of carbonyl (C=O) groups is 1. The Labute approximate surface area is 309 Å². The Morgan fingerprint density at radius 1 is 0.962 bits per heavy atom. The first-order valence-corrected chi connectivity index (χ1v) is 18.9. The van der Waals surface area contributed by atoms with Crippen LogP contribution in [-0.4, -0.2) is 93.6 Å². The summed E-state index contributed by atoms with van der Waals surface area (Å²) in [6, 6.07) is 11.2. The zero-order chi connectivity index (χ0) is 36.0. The van der Waals surface area contributed by atoms with Crippen LogP contribution in [0.2, 0.25) is 5.02 Å². The average Bonchev–Trinajstić information content (AvgIpc) is 3.16. The number of piperazine rings is 1. The first-order valence-electron chi connectivity index (χ1n) is 18.5. The molecule has 1 aliphatic carbocycles. The maximum atomic E-state index is 13.0. The van der Waals surface area contributed by atoms with Crippen molar-refractivity contribution >= 4 is 34.5 Å². The second-order valence-corrected chi connectivity index (χ2v) is 14.8. The molecule has 13 heteroatoms. The van der Waals surface area contributed by atoms with Crippen LogP contribution in [0.15, 0.2) is 53.7 Å². The number of halogens is 1. The van der Waals surface area contributed by atoms with E-state index >= 15 is 0 Å². The van der Waals surface area contributed by atoms with Crippen molar-refractivity contribution in [1.82, 2.24) is 35.1 Å². The van der Waals surface area contributed by atoms with E-state index in [0.29, 0.717) is 40.2 Å². The first-order chi connectivity index (χ1) is 25.3. The fraction of sp³-hybridized carbons (Fsp3) is 0.487. The highest BCUT2D eigenvalue weighted by Crippen LogP contribution is 2.28. The number of anilines is 1. The van der Waals surface area contributed by atoms with Gasteiger partial charge in [-0.1, -0.05) is 18.5 Å². The molecule has 1 saturated carbocycles. The molecule has 3 aromatic heterocycles. The number of hydrogen-bond donors (Lipinski definition) is 2. The number of rotatable bonds is 10.